The number of aryl methyl sites for hydroxylation is 1. The van der Waals surface area contributed by atoms with Gasteiger partial charge in [0.1, 0.15) is 0 Å². The molecule has 3 nitrogen and oxygen atoms in total. The molecule has 2 unspecified atom stereocenters. The largest absolute Gasteiger partial charge is 0.338 e. The highest BCUT2D eigenvalue weighted by molar-refractivity contribution is 6.31. The molecule has 0 aliphatic carbocycles. The third-order valence-corrected chi connectivity index (χ3v) is 3.92. The number of hydrogen-bond acceptors (Lipinski definition) is 2. The van der Waals surface area contributed by atoms with E-state index >= 15 is 0 Å². The molecular weight excluding hydrogens is 283 g/mol. The fourth-order valence-corrected chi connectivity index (χ4v) is 2.57. The number of amides is 1. The average Bonchev–Trinajstić information content (AvgIpc) is 2.81. The standard InChI is InChI=1S/C14H19ClN2O.ClH/c1-9-3-4-12(15)7-13(9)14(18)17-6-5-11(8-17)10(2)16;/h3-4,7,10-11H,5-6,8,16H2,1-2H3;1H. The van der Waals surface area contributed by atoms with Crippen LogP contribution in [0.3, 0.4) is 0 Å². The number of carbonyl (C=O) groups is 1. The highest BCUT2D eigenvalue weighted by Gasteiger charge is 2.29. The van der Waals surface area contributed by atoms with E-state index in [1.54, 1.807) is 6.07 Å². The Morgan fingerprint density at radius 3 is 2.79 bits per heavy atom. The first kappa shape index (κ1) is 16.3. The molecule has 19 heavy (non-hydrogen) atoms. The summed E-state index contributed by atoms with van der Waals surface area (Å²) in [5.41, 5.74) is 7.56. The molecule has 106 valence electrons. The minimum absolute atomic E-state index is 0. The van der Waals surface area contributed by atoms with Crippen LogP contribution in [-0.4, -0.2) is 29.9 Å². The summed E-state index contributed by atoms with van der Waals surface area (Å²) >= 11 is 5.96. The van der Waals surface area contributed by atoms with E-state index in [4.69, 9.17) is 17.3 Å². The molecule has 2 rings (SSSR count). The number of rotatable bonds is 2. The van der Waals surface area contributed by atoms with Crippen LogP contribution in [0.5, 0.6) is 0 Å². The Labute approximate surface area is 125 Å². The molecule has 0 aromatic heterocycles. The summed E-state index contributed by atoms with van der Waals surface area (Å²) in [5, 5.41) is 0.604. The van der Waals surface area contributed by atoms with Gasteiger partial charge in [0.15, 0.2) is 0 Å². The predicted octanol–water partition coefficient (Wildman–Crippen LogP) is 2.88. The molecule has 1 aliphatic rings. The van der Waals surface area contributed by atoms with E-state index in [1.165, 1.54) is 0 Å². The molecule has 1 saturated heterocycles. The van der Waals surface area contributed by atoms with Gasteiger partial charge in [-0.1, -0.05) is 17.7 Å². The molecule has 2 N–H and O–H groups in total. The second kappa shape index (κ2) is 6.60. The third-order valence-electron chi connectivity index (χ3n) is 3.69. The van der Waals surface area contributed by atoms with E-state index in [-0.39, 0.29) is 24.4 Å². The SMILES string of the molecule is Cc1ccc(Cl)cc1C(=O)N1CCC(C(C)N)C1.Cl. The van der Waals surface area contributed by atoms with Crippen LogP contribution in [0.2, 0.25) is 5.02 Å². The normalized spacial score (nSPS) is 20.0. The fraction of sp³-hybridized carbons (Fsp3) is 0.500. The lowest BCUT2D eigenvalue weighted by atomic mass is 10.0. The summed E-state index contributed by atoms with van der Waals surface area (Å²) < 4.78 is 0. The molecule has 0 spiro atoms. The van der Waals surface area contributed by atoms with Crippen LogP contribution in [-0.2, 0) is 0 Å². The van der Waals surface area contributed by atoms with Gasteiger partial charge in [0.05, 0.1) is 0 Å². The van der Waals surface area contributed by atoms with Gasteiger partial charge >= 0.3 is 0 Å². The number of halogens is 2. The molecule has 1 aliphatic heterocycles. The zero-order valence-corrected chi connectivity index (χ0v) is 12.8. The monoisotopic (exact) mass is 302 g/mol. The Hall–Kier alpha value is -0.770. The maximum Gasteiger partial charge on any atom is 0.254 e. The molecule has 1 heterocycles. The van der Waals surface area contributed by atoms with E-state index in [9.17, 15) is 4.79 Å². The average molecular weight is 303 g/mol. The van der Waals surface area contributed by atoms with Crippen LogP contribution in [0.25, 0.3) is 0 Å². The molecule has 5 heteroatoms. The maximum absolute atomic E-state index is 12.4. The maximum atomic E-state index is 12.4. The molecule has 0 saturated carbocycles. The highest BCUT2D eigenvalue weighted by Crippen LogP contribution is 2.23. The van der Waals surface area contributed by atoms with Gasteiger partial charge < -0.3 is 10.6 Å². The topological polar surface area (TPSA) is 46.3 Å². The van der Waals surface area contributed by atoms with Crippen molar-refractivity contribution in [1.29, 1.82) is 0 Å². The molecule has 2 atom stereocenters. The third kappa shape index (κ3) is 3.62. The second-order valence-corrected chi connectivity index (χ2v) is 5.55. The van der Waals surface area contributed by atoms with Gasteiger partial charge in [-0.25, -0.2) is 0 Å². The van der Waals surface area contributed by atoms with Crippen molar-refractivity contribution >= 4 is 29.9 Å². The van der Waals surface area contributed by atoms with Crippen LogP contribution in [0.4, 0.5) is 0 Å². The quantitative estimate of drug-likeness (QED) is 0.913. The molecule has 1 aromatic carbocycles. The van der Waals surface area contributed by atoms with Crippen molar-refractivity contribution in [1.82, 2.24) is 4.90 Å². The lowest BCUT2D eigenvalue weighted by Crippen LogP contribution is -2.33. The van der Waals surface area contributed by atoms with Crippen LogP contribution >= 0.6 is 24.0 Å². The summed E-state index contributed by atoms with van der Waals surface area (Å²) in [4.78, 5) is 14.3. The Kier molecular flexibility index (Phi) is 5.65. The van der Waals surface area contributed by atoms with Crippen molar-refractivity contribution in [2.45, 2.75) is 26.3 Å². The molecular formula is C14H20Cl2N2O. The zero-order chi connectivity index (χ0) is 13.3. The number of nitrogens with two attached hydrogens (primary N) is 1. The van der Waals surface area contributed by atoms with Crippen molar-refractivity contribution in [2.24, 2.45) is 11.7 Å². The van der Waals surface area contributed by atoms with E-state index in [0.29, 0.717) is 16.5 Å². The Balaban J connectivity index is 0.00000180. The van der Waals surface area contributed by atoms with E-state index < -0.39 is 0 Å². The first-order chi connectivity index (χ1) is 8.49. The Bertz CT molecular complexity index is 463. The van der Waals surface area contributed by atoms with E-state index in [0.717, 1.165) is 25.1 Å². The van der Waals surface area contributed by atoms with Gasteiger partial charge in [0, 0.05) is 29.7 Å². The van der Waals surface area contributed by atoms with Gasteiger partial charge in [0.25, 0.3) is 5.91 Å². The highest BCUT2D eigenvalue weighted by atomic mass is 35.5. The molecule has 0 radical (unpaired) electrons. The number of hydrogen-bond donors (Lipinski definition) is 1. The number of nitrogens with zero attached hydrogens (tertiary/aromatic N) is 1. The molecule has 0 bridgehead atoms. The number of carbonyl (C=O) groups excluding carboxylic acids is 1. The lowest BCUT2D eigenvalue weighted by molar-refractivity contribution is 0.0785. The summed E-state index contributed by atoms with van der Waals surface area (Å²) in [7, 11) is 0. The van der Waals surface area contributed by atoms with E-state index in [1.807, 2.05) is 30.9 Å². The Morgan fingerprint density at radius 1 is 1.53 bits per heavy atom. The van der Waals surface area contributed by atoms with Crippen molar-refractivity contribution in [2.75, 3.05) is 13.1 Å². The number of likely N-dealkylation sites (tertiary alicyclic amines) is 1. The van der Waals surface area contributed by atoms with Crippen LogP contribution < -0.4 is 5.73 Å². The smallest absolute Gasteiger partial charge is 0.254 e. The van der Waals surface area contributed by atoms with Crippen LogP contribution in [0.15, 0.2) is 18.2 Å². The number of benzene rings is 1. The molecule has 1 aromatic rings. The van der Waals surface area contributed by atoms with Gasteiger partial charge in [0.2, 0.25) is 0 Å². The Morgan fingerprint density at radius 2 is 2.21 bits per heavy atom. The predicted molar refractivity (Wildman–Crippen MR) is 81.1 cm³/mol. The summed E-state index contributed by atoms with van der Waals surface area (Å²) in [6.45, 7) is 5.48. The molecule has 1 fully saturated rings. The van der Waals surface area contributed by atoms with Crippen LogP contribution in [0.1, 0.15) is 29.3 Å². The zero-order valence-electron chi connectivity index (χ0n) is 11.2. The van der Waals surface area contributed by atoms with Crippen molar-refractivity contribution in [3.8, 4) is 0 Å². The van der Waals surface area contributed by atoms with Gasteiger partial charge in [-0.3, -0.25) is 4.79 Å². The summed E-state index contributed by atoms with van der Waals surface area (Å²) in [6, 6.07) is 5.58. The van der Waals surface area contributed by atoms with Gasteiger partial charge in [-0.2, -0.15) is 0 Å². The summed E-state index contributed by atoms with van der Waals surface area (Å²) in [6.07, 6.45) is 0.989. The van der Waals surface area contributed by atoms with Crippen molar-refractivity contribution < 1.29 is 4.79 Å². The van der Waals surface area contributed by atoms with Gasteiger partial charge in [-0.15, -0.1) is 12.4 Å². The van der Waals surface area contributed by atoms with E-state index in [2.05, 4.69) is 0 Å². The minimum Gasteiger partial charge on any atom is -0.338 e. The minimum atomic E-state index is 0. The molecule has 1 amide bonds. The second-order valence-electron chi connectivity index (χ2n) is 5.12. The summed E-state index contributed by atoms with van der Waals surface area (Å²) in [5.74, 6) is 0.478. The van der Waals surface area contributed by atoms with Crippen molar-refractivity contribution in [3.05, 3.63) is 34.3 Å². The van der Waals surface area contributed by atoms with Crippen LogP contribution in [0, 0.1) is 12.8 Å². The van der Waals surface area contributed by atoms with Gasteiger partial charge in [-0.05, 0) is 43.9 Å². The first-order valence-corrected chi connectivity index (χ1v) is 6.68. The first-order valence-electron chi connectivity index (χ1n) is 6.30. The fourth-order valence-electron chi connectivity index (χ4n) is 2.40. The lowest BCUT2D eigenvalue weighted by Gasteiger charge is -2.19. The van der Waals surface area contributed by atoms with Crippen molar-refractivity contribution in [3.63, 3.8) is 0 Å².